The van der Waals surface area contributed by atoms with Crippen LogP contribution in [0.15, 0.2) is 42.9 Å². The molecule has 8 heteroatoms. The summed E-state index contributed by atoms with van der Waals surface area (Å²) in [5, 5.41) is 8.62. The van der Waals surface area contributed by atoms with Crippen LogP contribution in [0, 0.1) is 5.82 Å². The summed E-state index contributed by atoms with van der Waals surface area (Å²) in [6.07, 6.45) is 4.80. The van der Waals surface area contributed by atoms with Crippen molar-refractivity contribution in [1.29, 1.82) is 0 Å². The van der Waals surface area contributed by atoms with Crippen molar-refractivity contribution in [2.75, 3.05) is 39.0 Å². The van der Waals surface area contributed by atoms with E-state index in [0.717, 1.165) is 5.56 Å². The molecule has 3 N–H and O–H groups in total. The molecular formula is C17H23FN6O. The van der Waals surface area contributed by atoms with Gasteiger partial charge in [-0.2, -0.15) is 0 Å². The summed E-state index contributed by atoms with van der Waals surface area (Å²) in [7, 11) is 3.78. The van der Waals surface area contributed by atoms with Gasteiger partial charge in [0.05, 0.1) is 12.2 Å². The molecule has 0 aliphatic rings. The second-order valence-corrected chi connectivity index (χ2v) is 5.69. The topological polar surface area (TPSA) is 82.2 Å². The molecule has 25 heavy (non-hydrogen) atoms. The molecule has 1 aromatic carbocycles. The monoisotopic (exact) mass is 346 g/mol. The zero-order valence-electron chi connectivity index (χ0n) is 14.4. The van der Waals surface area contributed by atoms with Crippen LogP contribution in [0.5, 0.6) is 0 Å². The average Bonchev–Trinajstić information content (AvgIpc) is 2.59. The van der Waals surface area contributed by atoms with E-state index < -0.39 is 0 Å². The Morgan fingerprint density at radius 1 is 1.24 bits per heavy atom. The minimum atomic E-state index is -0.288. The van der Waals surface area contributed by atoms with E-state index in [1.165, 1.54) is 12.1 Å². The molecule has 0 spiro atoms. The van der Waals surface area contributed by atoms with Crippen LogP contribution in [-0.2, 0) is 0 Å². The zero-order chi connectivity index (χ0) is 18.1. The molecule has 0 unspecified atom stereocenters. The van der Waals surface area contributed by atoms with Crippen molar-refractivity contribution in [3.05, 3.63) is 54.2 Å². The number of nitrogens with zero attached hydrogens (tertiary/aromatic N) is 3. The number of anilines is 1. The first-order valence-electron chi connectivity index (χ1n) is 7.99. The van der Waals surface area contributed by atoms with Crippen LogP contribution in [0.4, 0.5) is 15.0 Å². The fourth-order valence-corrected chi connectivity index (χ4v) is 2.32. The lowest BCUT2D eigenvalue weighted by Crippen LogP contribution is -2.42. The molecule has 0 fully saturated rings. The van der Waals surface area contributed by atoms with E-state index in [2.05, 4.69) is 25.9 Å². The van der Waals surface area contributed by atoms with Crippen molar-refractivity contribution < 1.29 is 9.18 Å². The van der Waals surface area contributed by atoms with Gasteiger partial charge in [-0.1, -0.05) is 12.1 Å². The maximum atomic E-state index is 13.4. The molecule has 134 valence electrons. The van der Waals surface area contributed by atoms with Gasteiger partial charge in [0.15, 0.2) is 0 Å². The maximum Gasteiger partial charge on any atom is 0.314 e. The summed E-state index contributed by atoms with van der Waals surface area (Å²) in [6, 6.07) is 6.01. The fourth-order valence-electron chi connectivity index (χ4n) is 2.32. The molecule has 0 aliphatic carbocycles. The summed E-state index contributed by atoms with van der Waals surface area (Å²) in [4.78, 5) is 21.9. The number of carbonyl (C=O) groups is 1. The number of aromatic nitrogens is 2. The predicted octanol–water partition coefficient (Wildman–Crippen LogP) is 1.63. The van der Waals surface area contributed by atoms with Crippen LogP contribution in [0.25, 0.3) is 0 Å². The Morgan fingerprint density at radius 3 is 2.76 bits per heavy atom. The van der Waals surface area contributed by atoms with Gasteiger partial charge >= 0.3 is 6.03 Å². The Kier molecular flexibility index (Phi) is 7.09. The summed E-state index contributed by atoms with van der Waals surface area (Å²) in [6.45, 7) is 1.35. The number of benzene rings is 1. The Balaban J connectivity index is 1.73. The third-order valence-corrected chi connectivity index (χ3v) is 3.59. The number of hydrogen-bond donors (Lipinski definition) is 3. The van der Waals surface area contributed by atoms with Gasteiger partial charge in [0.1, 0.15) is 11.6 Å². The molecule has 2 rings (SSSR count). The normalized spacial score (nSPS) is 11.8. The highest BCUT2D eigenvalue weighted by Crippen LogP contribution is 2.18. The number of carbonyl (C=O) groups excluding carboxylic acids is 1. The van der Waals surface area contributed by atoms with Gasteiger partial charge in [0, 0.05) is 32.0 Å². The second-order valence-electron chi connectivity index (χ2n) is 5.69. The van der Waals surface area contributed by atoms with Gasteiger partial charge < -0.3 is 20.9 Å². The molecule has 0 aliphatic heterocycles. The SMILES string of the molecule is CN(C)[C@H](CNC(=O)NCCNc1cnccn1)c1cccc(F)c1. The Bertz CT molecular complexity index is 667. The van der Waals surface area contributed by atoms with Crippen molar-refractivity contribution in [3.63, 3.8) is 0 Å². The van der Waals surface area contributed by atoms with Gasteiger partial charge in [-0.05, 0) is 31.8 Å². The van der Waals surface area contributed by atoms with Crippen molar-refractivity contribution in [3.8, 4) is 0 Å². The number of amides is 2. The van der Waals surface area contributed by atoms with Gasteiger partial charge in [-0.3, -0.25) is 4.98 Å². The van der Waals surface area contributed by atoms with Crippen LogP contribution in [0.2, 0.25) is 0 Å². The van der Waals surface area contributed by atoms with Crippen molar-refractivity contribution in [2.24, 2.45) is 0 Å². The smallest absolute Gasteiger partial charge is 0.314 e. The number of halogens is 1. The molecule has 7 nitrogen and oxygen atoms in total. The maximum absolute atomic E-state index is 13.4. The van der Waals surface area contributed by atoms with E-state index in [9.17, 15) is 9.18 Å². The predicted molar refractivity (Wildman–Crippen MR) is 94.8 cm³/mol. The molecule has 2 amide bonds. The summed E-state index contributed by atoms with van der Waals surface area (Å²) in [5.41, 5.74) is 0.814. The first-order chi connectivity index (χ1) is 12.1. The quantitative estimate of drug-likeness (QED) is 0.633. The first-order valence-corrected chi connectivity index (χ1v) is 7.99. The lowest BCUT2D eigenvalue weighted by Gasteiger charge is -2.25. The van der Waals surface area contributed by atoms with E-state index in [1.807, 2.05) is 25.1 Å². The van der Waals surface area contributed by atoms with E-state index in [1.54, 1.807) is 24.7 Å². The zero-order valence-corrected chi connectivity index (χ0v) is 14.4. The van der Waals surface area contributed by atoms with E-state index in [4.69, 9.17) is 0 Å². The molecule has 2 aromatic rings. The third-order valence-electron chi connectivity index (χ3n) is 3.59. The lowest BCUT2D eigenvalue weighted by molar-refractivity contribution is 0.233. The minimum absolute atomic E-state index is 0.112. The van der Waals surface area contributed by atoms with Crippen LogP contribution in [-0.4, -0.2) is 54.6 Å². The number of urea groups is 1. The van der Waals surface area contributed by atoms with Crippen molar-refractivity contribution in [1.82, 2.24) is 25.5 Å². The fraction of sp³-hybridized carbons (Fsp3) is 0.353. The van der Waals surface area contributed by atoms with Gasteiger partial charge in [0.2, 0.25) is 0 Å². The number of likely N-dealkylation sites (N-methyl/N-ethyl adjacent to an activating group) is 1. The molecule has 0 saturated heterocycles. The van der Waals surface area contributed by atoms with Crippen molar-refractivity contribution in [2.45, 2.75) is 6.04 Å². The van der Waals surface area contributed by atoms with E-state index in [0.29, 0.717) is 25.5 Å². The van der Waals surface area contributed by atoms with Gasteiger partial charge in [0.25, 0.3) is 0 Å². The number of nitrogens with one attached hydrogen (secondary N) is 3. The largest absolute Gasteiger partial charge is 0.367 e. The lowest BCUT2D eigenvalue weighted by atomic mass is 10.1. The highest BCUT2D eigenvalue weighted by atomic mass is 19.1. The van der Waals surface area contributed by atoms with Crippen LogP contribution in [0.1, 0.15) is 11.6 Å². The molecule has 1 aromatic heterocycles. The summed E-state index contributed by atoms with van der Waals surface area (Å²) in [5.74, 6) is 0.368. The van der Waals surface area contributed by atoms with Crippen LogP contribution >= 0.6 is 0 Å². The van der Waals surface area contributed by atoms with Crippen molar-refractivity contribution >= 4 is 11.8 Å². The highest BCUT2D eigenvalue weighted by Gasteiger charge is 2.15. The highest BCUT2D eigenvalue weighted by molar-refractivity contribution is 5.73. The molecular weight excluding hydrogens is 323 g/mol. The Labute approximate surface area is 146 Å². The summed E-state index contributed by atoms with van der Waals surface area (Å²) < 4.78 is 13.4. The molecule has 1 atom stereocenters. The van der Waals surface area contributed by atoms with Gasteiger partial charge in [-0.15, -0.1) is 0 Å². The first kappa shape index (κ1) is 18.6. The van der Waals surface area contributed by atoms with Crippen LogP contribution in [0.3, 0.4) is 0 Å². The number of rotatable bonds is 8. The van der Waals surface area contributed by atoms with E-state index in [-0.39, 0.29) is 17.9 Å². The van der Waals surface area contributed by atoms with Gasteiger partial charge in [-0.25, -0.2) is 14.2 Å². The molecule has 0 radical (unpaired) electrons. The molecule has 0 bridgehead atoms. The number of hydrogen-bond acceptors (Lipinski definition) is 5. The van der Waals surface area contributed by atoms with Crippen LogP contribution < -0.4 is 16.0 Å². The minimum Gasteiger partial charge on any atom is -0.367 e. The molecule has 0 saturated carbocycles. The third kappa shape index (κ3) is 6.34. The second kappa shape index (κ2) is 9.53. The molecule has 1 heterocycles. The Hall–Kier alpha value is -2.74. The van der Waals surface area contributed by atoms with E-state index >= 15 is 0 Å². The summed E-state index contributed by atoms with van der Waals surface area (Å²) >= 11 is 0. The standard InChI is InChI=1S/C17H23FN6O/c1-24(2)15(13-4-3-5-14(18)10-13)11-23-17(25)22-9-8-21-16-12-19-6-7-20-16/h3-7,10,12,15H,8-9,11H2,1-2H3,(H,20,21)(H2,22,23,25)/t15-/m1/s1. The Morgan fingerprint density at radius 2 is 2.08 bits per heavy atom. The average molecular weight is 346 g/mol.